The first-order chi connectivity index (χ1) is 10.1. The van der Waals surface area contributed by atoms with Crippen molar-refractivity contribution in [2.24, 2.45) is 0 Å². The Bertz CT molecular complexity index is 412. The number of nitrogens with one attached hydrogen (secondary N) is 1. The second-order valence-corrected chi connectivity index (χ2v) is 6.72. The van der Waals surface area contributed by atoms with Gasteiger partial charge in [-0.1, -0.05) is 45.0 Å². The van der Waals surface area contributed by atoms with Gasteiger partial charge in [-0.2, -0.15) is 0 Å². The van der Waals surface area contributed by atoms with Crippen LogP contribution in [0.15, 0.2) is 24.3 Å². The zero-order chi connectivity index (χ0) is 15.2. The van der Waals surface area contributed by atoms with Gasteiger partial charge in [-0.05, 0) is 56.2 Å². The molecule has 2 rings (SSSR count). The van der Waals surface area contributed by atoms with E-state index in [0.717, 1.165) is 13.0 Å². The van der Waals surface area contributed by atoms with Gasteiger partial charge in [-0.25, -0.2) is 0 Å². The minimum Gasteiger partial charge on any atom is -0.374 e. The van der Waals surface area contributed by atoms with Crippen LogP contribution in [0.25, 0.3) is 0 Å². The fraction of sp³-hybridized carbons (Fsp3) is 0.684. The second-order valence-electron chi connectivity index (χ2n) is 6.72. The van der Waals surface area contributed by atoms with Gasteiger partial charge in [0, 0.05) is 6.04 Å². The van der Waals surface area contributed by atoms with Crippen LogP contribution in [0.4, 0.5) is 0 Å². The van der Waals surface area contributed by atoms with Crippen LogP contribution in [0.3, 0.4) is 0 Å². The minimum atomic E-state index is 0.372. The quantitative estimate of drug-likeness (QED) is 0.808. The van der Waals surface area contributed by atoms with Gasteiger partial charge in [0.1, 0.15) is 0 Å². The summed E-state index contributed by atoms with van der Waals surface area (Å²) in [5.41, 5.74) is 2.83. The maximum atomic E-state index is 6.09. The first-order valence-corrected chi connectivity index (χ1v) is 8.57. The molecule has 3 atom stereocenters. The summed E-state index contributed by atoms with van der Waals surface area (Å²) in [4.78, 5) is 0. The highest BCUT2D eigenvalue weighted by molar-refractivity contribution is 5.25. The molecule has 0 saturated carbocycles. The van der Waals surface area contributed by atoms with Gasteiger partial charge in [-0.3, -0.25) is 0 Å². The highest BCUT2D eigenvalue weighted by Gasteiger charge is 2.29. The molecule has 2 nitrogen and oxygen atoms in total. The van der Waals surface area contributed by atoms with Crippen molar-refractivity contribution in [2.75, 3.05) is 6.54 Å². The summed E-state index contributed by atoms with van der Waals surface area (Å²) in [6.07, 6.45) is 5.41. The Kier molecular flexibility index (Phi) is 6.25. The summed E-state index contributed by atoms with van der Waals surface area (Å²) >= 11 is 0. The first kappa shape index (κ1) is 16.5. The molecule has 0 amide bonds. The molecule has 1 saturated heterocycles. The van der Waals surface area contributed by atoms with Gasteiger partial charge in [0.2, 0.25) is 0 Å². The van der Waals surface area contributed by atoms with E-state index in [1.165, 1.54) is 30.4 Å². The molecule has 0 spiro atoms. The first-order valence-electron chi connectivity index (χ1n) is 8.57. The fourth-order valence-electron chi connectivity index (χ4n) is 3.09. The summed E-state index contributed by atoms with van der Waals surface area (Å²) < 4.78 is 6.09. The van der Waals surface area contributed by atoms with Gasteiger partial charge in [-0.15, -0.1) is 0 Å². The Morgan fingerprint density at radius 2 is 1.90 bits per heavy atom. The average molecular weight is 289 g/mol. The molecule has 0 bridgehead atoms. The van der Waals surface area contributed by atoms with Gasteiger partial charge in [0.15, 0.2) is 0 Å². The fourth-order valence-corrected chi connectivity index (χ4v) is 3.09. The molecular weight excluding hydrogens is 258 g/mol. The van der Waals surface area contributed by atoms with E-state index >= 15 is 0 Å². The molecule has 1 aliphatic heterocycles. The summed E-state index contributed by atoms with van der Waals surface area (Å²) in [6, 6.07) is 9.56. The minimum absolute atomic E-state index is 0.372. The average Bonchev–Trinajstić information content (AvgIpc) is 2.90. The molecule has 1 aromatic rings. The van der Waals surface area contributed by atoms with Gasteiger partial charge in [0.05, 0.1) is 12.2 Å². The Morgan fingerprint density at radius 3 is 2.43 bits per heavy atom. The molecule has 1 aromatic carbocycles. The largest absolute Gasteiger partial charge is 0.374 e. The normalized spacial score (nSPS) is 23.7. The summed E-state index contributed by atoms with van der Waals surface area (Å²) in [5, 5.41) is 3.69. The van der Waals surface area contributed by atoms with Crippen LogP contribution in [0, 0.1) is 0 Å². The summed E-state index contributed by atoms with van der Waals surface area (Å²) in [5.74, 6) is 0.604. The Balaban J connectivity index is 2.00. The van der Waals surface area contributed by atoms with Crippen molar-refractivity contribution < 1.29 is 4.74 Å². The van der Waals surface area contributed by atoms with Crippen LogP contribution in [0.2, 0.25) is 0 Å². The molecule has 1 heterocycles. The number of ether oxygens (including phenoxy) is 1. The SMILES string of the molecule is CCCNC(Cc1ccc(C(C)C)cc1)C1CCC(C)O1. The molecule has 21 heavy (non-hydrogen) atoms. The summed E-state index contributed by atoms with van der Waals surface area (Å²) in [6.45, 7) is 9.97. The van der Waals surface area contributed by atoms with E-state index in [2.05, 4.69) is 57.3 Å². The molecule has 118 valence electrons. The molecule has 3 unspecified atom stereocenters. The molecule has 0 radical (unpaired) electrons. The van der Waals surface area contributed by atoms with Crippen LogP contribution < -0.4 is 5.32 Å². The Hall–Kier alpha value is -0.860. The lowest BCUT2D eigenvalue weighted by atomic mass is 9.96. The number of benzene rings is 1. The Labute approximate surface area is 130 Å². The van der Waals surface area contributed by atoms with Crippen molar-refractivity contribution in [3.63, 3.8) is 0 Å². The van der Waals surface area contributed by atoms with E-state index < -0.39 is 0 Å². The van der Waals surface area contributed by atoms with Crippen LogP contribution in [0.5, 0.6) is 0 Å². The lowest BCUT2D eigenvalue weighted by molar-refractivity contribution is 0.0321. The van der Waals surface area contributed by atoms with E-state index in [0.29, 0.717) is 24.2 Å². The van der Waals surface area contributed by atoms with Crippen molar-refractivity contribution in [3.05, 3.63) is 35.4 Å². The predicted molar refractivity (Wildman–Crippen MR) is 89.9 cm³/mol. The molecule has 1 N–H and O–H groups in total. The molecule has 1 fully saturated rings. The van der Waals surface area contributed by atoms with E-state index in [-0.39, 0.29) is 0 Å². The molecule has 2 heteroatoms. The van der Waals surface area contributed by atoms with Gasteiger partial charge >= 0.3 is 0 Å². The third kappa shape index (κ3) is 4.82. The monoisotopic (exact) mass is 289 g/mol. The van der Waals surface area contributed by atoms with Crippen molar-refractivity contribution in [2.45, 2.75) is 77.5 Å². The Morgan fingerprint density at radius 1 is 1.19 bits per heavy atom. The van der Waals surface area contributed by atoms with Crippen molar-refractivity contribution in [1.29, 1.82) is 0 Å². The van der Waals surface area contributed by atoms with Crippen molar-refractivity contribution in [3.8, 4) is 0 Å². The van der Waals surface area contributed by atoms with Crippen LogP contribution in [0.1, 0.15) is 64.0 Å². The number of rotatable bonds is 7. The zero-order valence-electron chi connectivity index (χ0n) is 14.1. The highest BCUT2D eigenvalue weighted by atomic mass is 16.5. The molecular formula is C19H31NO. The topological polar surface area (TPSA) is 21.3 Å². The van der Waals surface area contributed by atoms with Gasteiger partial charge in [0.25, 0.3) is 0 Å². The number of hydrogen-bond donors (Lipinski definition) is 1. The van der Waals surface area contributed by atoms with E-state index in [4.69, 9.17) is 4.74 Å². The van der Waals surface area contributed by atoms with E-state index in [9.17, 15) is 0 Å². The third-order valence-electron chi connectivity index (χ3n) is 4.47. The van der Waals surface area contributed by atoms with Crippen molar-refractivity contribution >= 4 is 0 Å². The van der Waals surface area contributed by atoms with Gasteiger partial charge < -0.3 is 10.1 Å². The highest BCUT2D eigenvalue weighted by Crippen LogP contribution is 2.24. The van der Waals surface area contributed by atoms with Crippen LogP contribution in [-0.2, 0) is 11.2 Å². The lowest BCUT2D eigenvalue weighted by Gasteiger charge is -2.25. The van der Waals surface area contributed by atoms with Crippen LogP contribution in [-0.4, -0.2) is 24.8 Å². The molecule has 0 aromatic heterocycles. The standard InChI is InChI=1S/C19H31NO/c1-5-12-20-18(19-11-6-15(4)21-19)13-16-7-9-17(10-8-16)14(2)3/h7-10,14-15,18-20H,5-6,11-13H2,1-4H3. The predicted octanol–water partition coefficient (Wildman–Crippen LogP) is 4.29. The third-order valence-corrected chi connectivity index (χ3v) is 4.47. The summed E-state index contributed by atoms with van der Waals surface area (Å²) in [7, 11) is 0. The maximum Gasteiger partial charge on any atom is 0.0735 e. The van der Waals surface area contributed by atoms with E-state index in [1.807, 2.05) is 0 Å². The van der Waals surface area contributed by atoms with Crippen molar-refractivity contribution in [1.82, 2.24) is 5.32 Å². The second kappa shape index (κ2) is 7.95. The van der Waals surface area contributed by atoms with Crippen LogP contribution >= 0.6 is 0 Å². The maximum absolute atomic E-state index is 6.09. The zero-order valence-corrected chi connectivity index (χ0v) is 14.1. The smallest absolute Gasteiger partial charge is 0.0735 e. The molecule has 1 aliphatic rings. The number of hydrogen-bond acceptors (Lipinski definition) is 2. The molecule has 0 aliphatic carbocycles. The lowest BCUT2D eigenvalue weighted by Crippen LogP contribution is -2.42. The van der Waals surface area contributed by atoms with E-state index in [1.54, 1.807) is 0 Å².